The Kier molecular flexibility index (Phi) is 12.4. The van der Waals surface area contributed by atoms with E-state index in [1.165, 1.54) is 12.1 Å². The molecule has 0 fully saturated rings. The van der Waals surface area contributed by atoms with Crippen molar-refractivity contribution >= 4 is 63.7 Å². The van der Waals surface area contributed by atoms with Gasteiger partial charge in [-0.2, -0.15) is 0 Å². The molecule has 3 aliphatic heterocycles. The standard InChI is InChI=1S/C24H21Cl3FN3O3.C17H17Cl2FN2O2/c1-24(12-19(29-34-24)14-4-6-15(25)7-5-14)13-33-20-10-16(18(28)11-17(20)26)21-22(27)30-8-2-3-9-31(30)23(21)32;1-10(2)9-24-14-7-11(13(20)8-12(14)18)15-16(19)21-5-3-4-6-22(21)17(15)23/h4-7,10-11H,2-3,8-9,12-13H2,1H3;7-8H,1,3-6,9H2,2H3. The number of hydrogen-bond donors (Lipinski definition) is 0. The molecule has 0 radical (unpaired) electrons. The van der Waals surface area contributed by atoms with Gasteiger partial charge in [0.25, 0.3) is 11.1 Å². The third-order valence-corrected chi connectivity index (χ3v) is 11.6. The predicted octanol–water partition coefficient (Wildman–Crippen LogP) is 10.7. The fourth-order valence-electron chi connectivity index (χ4n) is 7.06. The minimum atomic E-state index is -0.751. The molecule has 3 aliphatic rings. The van der Waals surface area contributed by atoms with E-state index in [4.69, 9.17) is 72.3 Å². The smallest absolute Gasteiger partial charge is 0.276 e. The number of ether oxygens (including phenoxy) is 2. The molecule has 3 aromatic carbocycles. The summed E-state index contributed by atoms with van der Waals surface area (Å²) in [6.07, 6.45) is 4.11. The maximum Gasteiger partial charge on any atom is 0.276 e. The Hall–Kier alpha value is -4.20. The highest BCUT2D eigenvalue weighted by atomic mass is 35.5. The Morgan fingerprint density at radius 1 is 0.759 bits per heavy atom. The minimum Gasteiger partial charge on any atom is -0.488 e. The molecule has 58 heavy (non-hydrogen) atoms. The molecule has 5 heterocycles. The Bertz CT molecular complexity index is 2560. The quantitative estimate of drug-likeness (QED) is 0.137. The molecule has 0 saturated carbocycles. The highest BCUT2D eigenvalue weighted by Gasteiger charge is 2.36. The second-order valence-corrected chi connectivity index (χ2v) is 16.6. The first-order valence-corrected chi connectivity index (χ1v) is 20.4. The fourth-order valence-corrected chi connectivity index (χ4v) is 8.31. The molecule has 0 N–H and O–H groups in total. The SMILES string of the molecule is C=C(C)COc1cc(-c2c(Cl)n3n(c2=O)CCCC3)c(F)cc1Cl.CC1(COc2cc(-c3c(Cl)n4n(c3=O)CCCC4)c(F)cc2Cl)CC(c2ccc(Cl)cc2)=NO1. The average molecular weight is 896 g/mol. The third kappa shape index (κ3) is 8.45. The molecule has 0 bridgehead atoms. The van der Waals surface area contributed by atoms with Crippen LogP contribution in [0.5, 0.6) is 11.5 Å². The lowest BCUT2D eigenvalue weighted by Crippen LogP contribution is -2.32. The van der Waals surface area contributed by atoms with Crippen molar-refractivity contribution in [1.29, 1.82) is 0 Å². The highest BCUT2D eigenvalue weighted by molar-refractivity contribution is 6.34. The van der Waals surface area contributed by atoms with E-state index in [1.807, 2.05) is 26.0 Å². The zero-order valence-electron chi connectivity index (χ0n) is 31.5. The normalized spacial score (nSPS) is 17.1. The van der Waals surface area contributed by atoms with Gasteiger partial charge in [0.05, 0.1) is 26.9 Å². The molecular formula is C41H38Cl5F2N5O5. The van der Waals surface area contributed by atoms with E-state index in [-0.39, 0.29) is 72.7 Å². The molecule has 0 saturated heterocycles. The van der Waals surface area contributed by atoms with Crippen LogP contribution < -0.4 is 20.6 Å². The Morgan fingerprint density at radius 2 is 1.22 bits per heavy atom. The van der Waals surface area contributed by atoms with Gasteiger partial charge in [-0.15, -0.1) is 0 Å². The average Bonchev–Trinajstić information content (AvgIpc) is 3.80. The van der Waals surface area contributed by atoms with Crippen molar-refractivity contribution in [1.82, 2.24) is 18.7 Å². The van der Waals surface area contributed by atoms with E-state index < -0.39 is 17.2 Å². The van der Waals surface area contributed by atoms with Crippen LogP contribution >= 0.6 is 58.0 Å². The van der Waals surface area contributed by atoms with E-state index in [2.05, 4.69) is 11.7 Å². The maximum atomic E-state index is 14.9. The van der Waals surface area contributed by atoms with Crippen LogP contribution in [-0.2, 0) is 31.0 Å². The van der Waals surface area contributed by atoms with E-state index in [9.17, 15) is 18.4 Å². The van der Waals surface area contributed by atoms with Crippen molar-refractivity contribution in [3.63, 3.8) is 0 Å². The first kappa shape index (κ1) is 41.9. The number of nitrogens with zero attached hydrogens (tertiary/aromatic N) is 5. The summed E-state index contributed by atoms with van der Waals surface area (Å²) >= 11 is 31.1. The van der Waals surface area contributed by atoms with Gasteiger partial charge in [-0.05, 0) is 87.1 Å². The van der Waals surface area contributed by atoms with Crippen LogP contribution in [0.4, 0.5) is 8.78 Å². The van der Waals surface area contributed by atoms with Gasteiger partial charge in [-0.1, -0.05) is 81.9 Å². The lowest BCUT2D eigenvalue weighted by Gasteiger charge is -2.22. The number of rotatable bonds is 9. The molecule has 0 amide bonds. The molecule has 1 atom stereocenters. The maximum absolute atomic E-state index is 14.9. The molecule has 0 spiro atoms. The summed E-state index contributed by atoms with van der Waals surface area (Å²) in [6.45, 7) is 10.2. The lowest BCUT2D eigenvalue weighted by atomic mass is 9.97. The molecule has 0 aliphatic carbocycles. The molecule has 10 nitrogen and oxygen atoms in total. The minimum absolute atomic E-state index is 0.0550. The summed E-state index contributed by atoms with van der Waals surface area (Å²) in [5.41, 5.74) is 1.51. The summed E-state index contributed by atoms with van der Waals surface area (Å²) in [4.78, 5) is 31.3. The van der Waals surface area contributed by atoms with Crippen molar-refractivity contribution in [2.75, 3.05) is 13.2 Å². The van der Waals surface area contributed by atoms with E-state index in [1.54, 1.807) is 30.9 Å². The van der Waals surface area contributed by atoms with Crippen LogP contribution in [0.15, 0.2) is 75.4 Å². The third-order valence-electron chi connectivity index (χ3n) is 10.0. The van der Waals surface area contributed by atoms with Gasteiger partial charge in [-0.3, -0.25) is 19.0 Å². The van der Waals surface area contributed by atoms with Crippen LogP contribution in [0, 0.1) is 11.6 Å². The molecule has 1 unspecified atom stereocenters. The van der Waals surface area contributed by atoms with Gasteiger partial charge < -0.3 is 14.3 Å². The first-order chi connectivity index (χ1) is 27.7. The summed E-state index contributed by atoms with van der Waals surface area (Å²) in [6, 6.07) is 12.5. The number of aromatic nitrogens is 4. The van der Waals surface area contributed by atoms with Crippen LogP contribution in [0.1, 0.15) is 51.5 Å². The van der Waals surface area contributed by atoms with Gasteiger partial charge in [0.15, 0.2) is 5.60 Å². The second-order valence-electron chi connectivity index (χ2n) is 14.7. The van der Waals surface area contributed by atoms with Crippen LogP contribution in [0.2, 0.25) is 25.4 Å². The summed E-state index contributed by atoms with van der Waals surface area (Å²) in [5, 5.41) is 5.51. The summed E-state index contributed by atoms with van der Waals surface area (Å²) in [7, 11) is 0. The number of benzene rings is 3. The molecule has 306 valence electrons. The van der Waals surface area contributed by atoms with Gasteiger partial charge in [-0.25, -0.2) is 18.1 Å². The van der Waals surface area contributed by atoms with Gasteiger partial charge in [0.2, 0.25) is 0 Å². The van der Waals surface area contributed by atoms with E-state index in [0.29, 0.717) is 43.4 Å². The zero-order valence-corrected chi connectivity index (χ0v) is 35.3. The zero-order chi connectivity index (χ0) is 41.5. The largest absolute Gasteiger partial charge is 0.488 e. The Balaban J connectivity index is 0.000000188. The monoisotopic (exact) mass is 893 g/mol. The molecule has 5 aromatic rings. The van der Waals surface area contributed by atoms with Crippen molar-refractivity contribution in [3.8, 4) is 33.8 Å². The van der Waals surface area contributed by atoms with Gasteiger partial charge >= 0.3 is 0 Å². The topological polar surface area (TPSA) is 93.9 Å². The van der Waals surface area contributed by atoms with Crippen LogP contribution in [-0.4, -0.2) is 43.3 Å². The van der Waals surface area contributed by atoms with Gasteiger partial charge in [0, 0.05) is 48.7 Å². The Labute approximate surface area is 357 Å². The first-order valence-electron chi connectivity index (χ1n) is 18.5. The van der Waals surface area contributed by atoms with Crippen LogP contribution in [0.25, 0.3) is 22.3 Å². The molecule has 2 aromatic heterocycles. The lowest BCUT2D eigenvalue weighted by molar-refractivity contribution is -0.0356. The van der Waals surface area contributed by atoms with E-state index >= 15 is 0 Å². The van der Waals surface area contributed by atoms with Crippen LogP contribution in [0.3, 0.4) is 0 Å². The Morgan fingerprint density at radius 3 is 1.69 bits per heavy atom. The van der Waals surface area contributed by atoms with Crippen molar-refractivity contribution in [2.24, 2.45) is 5.16 Å². The predicted molar refractivity (Wildman–Crippen MR) is 225 cm³/mol. The van der Waals surface area contributed by atoms with E-state index in [0.717, 1.165) is 54.7 Å². The molecule has 8 rings (SSSR count). The second kappa shape index (κ2) is 17.2. The number of oxime groups is 1. The number of fused-ring (bicyclic) bond motifs is 2. The summed E-state index contributed by atoms with van der Waals surface area (Å²) in [5.74, 6) is -0.727. The van der Waals surface area contributed by atoms with Crippen molar-refractivity contribution in [2.45, 2.75) is 77.7 Å². The summed E-state index contributed by atoms with van der Waals surface area (Å²) < 4.78 is 47.4. The number of hydrogen-bond acceptors (Lipinski definition) is 6. The molecule has 17 heteroatoms. The van der Waals surface area contributed by atoms with Crippen molar-refractivity contribution < 1.29 is 23.1 Å². The fraction of sp³-hybridized carbons (Fsp3) is 0.341. The highest BCUT2D eigenvalue weighted by Crippen LogP contribution is 2.38. The number of halogens is 7. The van der Waals surface area contributed by atoms with Gasteiger partial charge in [0.1, 0.15) is 46.7 Å². The van der Waals surface area contributed by atoms with Crippen molar-refractivity contribution in [3.05, 3.63) is 124 Å². The molecular weight excluding hydrogens is 858 g/mol.